The fourth-order valence-corrected chi connectivity index (χ4v) is 4.26. The van der Waals surface area contributed by atoms with Crippen LogP contribution in [0.2, 0.25) is 0 Å². The molecule has 0 fully saturated rings. The zero-order chi connectivity index (χ0) is 19.4. The smallest absolute Gasteiger partial charge is 0.261 e. The van der Waals surface area contributed by atoms with E-state index in [-0.39, 0.29) is 18.3 Å². The summed E-state index contributed by atoms with van der Waals surface area (Å²) in [7, 11) is 5.69. The summed E-state index contributed by atoms with van der Waals surface area (Å²) in [6.45, 7) is 1.49. The molecule has 0 aliphatic rings. The van der Waals surface area contributed by atoms with Gasteiger partial charge in [-0.3, -0.25) is 9.69 Å². The standard InChI is InChI=1S/C20H22BrN3O2S.ClH/c1-23(2)12-7-13-24(19(25)14-8-4-5-9-15(14)21)20-22-18-16(26-3)10-6-11-17(18)27-20;/h4-6,8-11H,7,12-13H2,1-3H3;1H. The quantitative estimate of drug-likeness (QED) is 0.469. The van der Waals surface area contributed by atoms with Gasteiger partial charge in [-0.2, -0.15) is 0 Å². The molecule has 3 rings (SSSR count). The molecule has 0 saturated carbocycles. The summed E-state index contributed by atoms with van der Waals surface area (Å²) in [5, 5.41) is 0.689. The van der Waals surface area contributed by atoms with Gasteiger partial charge in [0.25, 0.3) is 5.91 Å². The summed E-state index contributed by atoms with van der Waals surface area (Å²) in [6.07, 6.45) is 0.857. The Bertz CT molecular complexity index is 948. The molecular formula is C20H23BrClN3O2S. The minimum Gasteiger partial charge on any atom is -0.494 e. The van der Waals surface area contributed by atoms with Gasteiger partial charge in [0.15, 0.2) is 5.13 Å². The van der Waals surface area contributed by atoms with Crippen LogP contribution >= 0.6 is 39.7 Å². The number of benzene rings is 2. The summed E-state index contributed by atoms with van der Waals surface area (Å²) < 4.78 is 7.21. The number of halogens is 2. The van der Waals surface area contributed by atoms with Crippen LogP contribution < -0.4 is 9.64 Å². The van der Waals surface area contributed by atoms with Gasteiger partial charge in [0.05, 0.1) is 17.4 Å². The van der Waals surface area contributed by atoms with Crippen LogP contribution in [0, 0.1) is 0 Å². The lowest BCUT2D eigenvalue weighted by Gasteiger charge is -2.21. The second-order valence-electron chi connectivity index (χ2n) is 6.40. The number of fused-ring (bicyclic) bond motifs is 1. The monoisotopic (exact) mass is 483 g/mol. The lowest BCUT2D eigenvalue weighted by Crippen LogP contribution is -2.33. The Kier molecular flexibility index (Phi) is 8.24. The first-order valence-corrected chi connectivity index (χ1v) is 10.3. The topological polar surface area (TPSA) is 45.7 Å². The third-order valence-electron chi connectivity index (χ3n) is 4.16. The lowest BCUT2D eigenvalue weighted by atomic mass is 10.2. The van der Waals surface area contributed by atoms with Crippen molar-refractivity contribution < 1.29 is 9.53 Å². The van der Waals surface area contributed by atoms with E-state index in [1.54, 1.807) is 12.0 Å². The molecule has 0 N–H and O–H groups in total. The molecule has 2 aromatic carbocycles. The second-order valence-corrected chi connectivity index (χ2v) is 8.26. The molecule has 0 aliphatic heterocycles. The number of methoxy groups -OCH3 is 1. The van der Waals surface area contributed by atoms with Crippen LogP contribution in [-0.4, -0.2) is 50.1 Å². The fraction of sp³-hybridized carbons (Fsp3) is 0.300. The molecular weight excluding hydrogens is 462 g/mol. The molecule has 0 radical (unpaired) electrons. The normalized spacial score (nSPS) is 10.8. The van der Waals surface area contributed by atoms with Crippen LogP contribution in [0.3, 0.4) is 0 Å². The van der Waals surface area contributed by atoms with Gasteiger partial charge in [-0.15, -0.1) is 12.4 Å². The van der Waals surface area contributed by atoms with Crippen LogP contribution in [0.5, 0.6) is 5.75 Å². The molecule has 0 unspecified atom stereocenters. The van der Waals surface area contributed by atoms with Crippen molar-refractivity contribution in [2.24, 2.45) is 0 Å². The highest BCUT2D eigenvalue weighted by Crippen LogP contribution is 2.35. The van der Waals surface area contributed by atoms with Crippen LogP contribution in [-0.2, 0) is 0 Å². The number of anilines is 1. The molecule has 0 aliphatic carbocycles. The Hall–Kier alpha value is -1.67. The average molecular weight is 485 g/mol. The second kappa shape index (κ2) is 10.2. The van der Waals surface area contributed by atoms with Crippen molar-refractivity contribution in [1.82, 2.24) is 9.88 Å². The highest BCUT2D eigenvalue weighted by Gasteiger charge is 2.23. The van der Waals surface area contributed by atoms with Gasteiger partial charge in [0.2, 0.25) is 0 Å². The van der Waals surface area contributed by atoms with E-state index in [1.165, 1.54) is 11.3 Å². The molecule has 1 heterocycles. The first-order valence-electron chi connectivity index (χ1n) is 8.66. The number of aromatic nitrogens is 1. The molecule has 8 heteroatoms. The summed E-state index contributed by atoms with van der Waals surface area (Å²) >= 11 is 5.00. The Morgan fingerprint density at radius 2 is 1.89 bits per heavy atom. The Balaban J connectivity index is 0.00000280. The third-order valence-corrected chi connectivity index (χ3v) is 5.89. The Labute approximate surface area is 183 Å². The van der Waals surface area contributed by atoms with Crippen molar-refractivity contribution in [3.8, 4) is 5.75 Å². The molecule has 1 amide bonds. The van der Waals surface area contributed by atoms with E-state index >= 15 is 0 Å². The molecule has 1 aromatic heterocycles. The van der Waals surface area contributed by atoms with Crippen molar-refractivity contribution in [3.05, 3.63) is 52.5 Å². The first kappa shape index (κ1) is 22.6. The SMILES string of the molecule is COc1cccc2sc(N(CCCN(C)C)C(=O)c3ccccc3Br)nc12.Cl. The van der Waals surface area contributed by atoms with E-state index in [1.807, 2.05) is 56.6 Å². The summed E-state index contributed by atoms with van der Waals surface area (Å²) in [4.78, 5) is 21.9. The van der Waals surface area contributed by atoms with Crippen molar-refractivity contribution in [3.63, 3.8) is 0 Å². The zero-order valence-corrected chi connectivity index (χ0v) is 19.2. The van der Waals surface area contributed by atoms with Gasteiger partial charge < -0.3 is 9.64 Å². The van der Waals surface area contributed by atoms with Crippen molar-refractivity contribution in [1.29, 1.82) is 0 Å². The molecule has 0 bridgehead atoms. The minimum absolute atomic E-state index is 0. The van der Waals surface area contributed by atoms with E-state index in [9.17, 15) is 4.79 Å². The highest BCUT2D eigenvalue weighted by atomic mass is 79.9. The van der Waals surface area contributed by atoms with Gasteiger partial charge in [-0.25, -0.2) is 4.98 Å². The van der Waals surface area contributed by atoms with E-state index in [2.05, 4.69) is 20.8 Å². The van der Waals surface area contributed by atoms with Gasteiger partial charge >= 0.3 is 0 Å². The number of ether oxygens (including phenoxy) is 1. The number of amides is 1. The lowest BCUT2D eigenvalue weighted by molar-refractivity contribution is 0.0985. The van der Waals surface area contributed by atoms with Crippen LogP contribution in [0.15, 0.2) is 46.9 Å². The number of hydrogen-bond acceptors (Lipinski definition) is 5. The van der Waals surface area contributed by atoms with E-state index < -0.39 is 0 Å². The molecule has 5 nitrogen and oxygen atoms in total. The van der Waals surface area contributed by atoms with Crippen molar-refractivity contribution in [2.45, 2.75) is 6.42 Å². The number of carbonyl (C=O) groups excluding carboxylic acids is 1. The van der Waals surface area contributed by atoms with Gasteiger partial charge in [-0.1, -0.05) is 29.5 Å². The van der Waals surface area contributed by atoms with Gasteiger partial charge in [0.1, 0.15) is 11.3 Å². The minimum atomic E-state index is -0.0562. The predicted molar refractivity (Wildman–Crippen MR) is 122 cm³/mol. The van der Waals surface area contributed by atoms with Crippen LogP contribution in [0.25, 0.3) is 10.2 Å². The number of nitrogens with zero attached hydrogens (tertiary/aromatic N) is 3. The predicted octanol–water partition coefficient (Wildman–Crippen LogP) is 5.09. The number of carbonyl (C=O) groups is 1. The third kappa shape index (κ3) is 5.03. The number of thiazole rings is 1. The molecule has 0 atom stereocenters. The van der Waals surface area contributed by atoms with Crippen molar-refractivity contribution >= 4 is 60.9 Å². The zero-order valence-electron chi connectivity index (χ0n) is 16.0. The first-order chi connectivity index (χ1) is 13.0. The summed E-state index contributed by atoms with van der Waals surface area (Å²) in [5.74, 6) is 0.663. The van der Waals surface area contributed by atoms with E-state index in [4.69, 9.17) is 9.72 Å². The molecule has 3 aromatic rings. The summed E-state index contributed by atoms with van der Waals surface area (Å²) in [5.41, 5.74) is 1.42. The van der Waals surface area contributed by atoms with Crippen LogP contribution in [0.4, 0.5) is 5.13 Å². The number of hydrogen-bond donors (Lipinski definition) is 0. The van der Waals surface area contributed by atoms with Gasteiger partial charge in [-0.05, 0) is 67.3 Å². The average Bonchev–Trinajstić information content (AvgIpc) is 3.08. The molecule has 0 spiro atoms. The Morgan fingerprint density at radius 3 is 2.57 bits per heavy atom. The maximum Gasteiger partial charge on any atom is 0.261 e. The Morgan fingerprint density at radius 1 is 1.14 bits per heavy atom. The van der Waals surface area contributed by atoms with Crippen molar-refractivity contribution in [2.75, 3.05) is 39.2 Å². The maximum atomic E-state index is 13.3. The maximum absolute atomic E-state index is 13.3. The van der Waals surface area contributed by atoms with Gasteiger partial charge in [0, 0.05) is 11.0 Å². The number of para-hydroxylation sites is 1. The molecule has 28 heavy (non-hydrogen) atoms. The fourth-order valence-electron chi connectivity index (χ4n) is 2.80. The summed E-state index contributed by atoms with van der Waals surface area (Å²) in [6, 6.07) is 13.3. The molecule has 150 valence electrons. The van der Waals surface area contributed by atoms with E-state index in [0.717, 1.165) is 33.4 Å². The molecule has 0 saturated heterocycles. The van der Waals surface area contributed by atoms with E-state index in [0.29, 0.717) is 17.2 Å². The largest absolute Gasteiger partial charge is 0.494 e. The highest BCUT2D eigenvalue weighted by molar-refractivity contribution is 9.10. The van der Waals surface area contributed by atoms with Crippen LogP contribution in [0.1, 0.15) is 16.8 Å². The number of rotatable bonds is 7.